The number of rotatable bonds is 5. The summed E-state index contributed by atoms with van der Waals surface area (Å²) in [5, 5.41) is 10.3. The molecule has 1 atom stereocenters. The average Bonchev–Trinajstić information content (AvgIpc) is 3.46. The maximum absolute atomic E-state index is 15.9. The molecule has 2 N–H and O–H groups in total. The number of oxazole rings is 1. The molecule has 37 heavy (non-hydrogen) atoms. The Morgan fingerprint density at radius 1 is 1.16 bits per heavy atom. The summed E-state index contributed by atoms with van der Waals surface area (Å²) in [5.41, 5.74) is 1.51. The maximum Gasteiger partial charge on any atom is 0.273 e. The van der Waals surface area contributed by atoms with Crippen molar-refractivity contribution in [2.45, 2.75) is 57.9 Å². The third-order valence-corrected chi connectivity index (χ3v) is 6.27. The van der Waals surface area contributed by atoms with Gasteiger partial charge in [0.05, 0.1) is 11.6 Å². The number of amides is 1. The first-order chi connectivity index (χ1) is 17.7. The number of aromatic nitrogens is 6. The normalized spacial score (nSPS) is 15.6. The summed E-state index contributed by atoms with van der Waals surface area (Å²) in [6.07, 6.45) is 7.42. The van der Waals surface area contributed by atoms with Crippen molar-refractivity contribution in [3.05, 3.63) is 65.5 Å². The topological polar surface area (TPSA) is 124 Å². The Balaban J connectivity index is 1.41. The Morgan fingerprint density at radius 3 is 2.73 bits per heavy atom. The van der Waals surface area contributed by atoms with Gasteiger partial charge in [0.2, 0.25) is 5.95 Å². The van der Waals surface area contributed by atoms with Crippen LogP contribution in [-0.4, -0.2) is 35.6 Å². The highest BCUT2D eigenvalue weighted by molar-refractivity contribution is 5.92. The van der Waals surface area contributed by atoms with Crippen LogP contribution in [-0.2, 0) is 18.9 Å². The van der Waals surface area contributed by atoms with Gasteiger partial charge in [-0.25, -0.2) is 19.3 Å². The monoisotopic (exact) mass is 504 g/mol. The number of nitrogens with one attached hydrogen (secondary N) is 2. The van der Waals surface area contributed by atoms with Crippen molar-refractivity contribution in [2.24, 2.45) is 7.05 Å². The van der Waals surface area contributed by atoms with Crippen LogP contribution >= 0.6 is 0 Å². The molecule has 0 bridgehead atoms. The van der Waals surface area contributed by atoms with Gasteiger partial charge in [-0.05, 0) is 36.5 Å². The first kappa shape index (κ1) is 24.5. The van der Waals surface area contributed by atoms with Crippen LogP contribution in [0, 0.1) is 5.82 Å². The van der Waals surface area contributed by atoms with Gasteiger partial charge in [0.1, 0.15) is 18.4 Å². The highest BCUT2D eigenvalue weighted by Crippen LogP contribution is 2.34. The molecular weight excluding hydrogens is 475 g/mol. The van der Waals surface area contributed by atoms with Crippen molar-refractivity contribution in [1.82, 2.24) is 35.0 Å². The van der Waals surface area contributed by atoms with E-state index in [1.807, 2.05) is 26.8 Å². The smallest absolute Gasteiger partial charge is 0.273 e. The second-order valence-corrected chi connectivity index (χ2v) is 10.2. The number of aryl methyl sites for hydroxylation is 1. The van der Waals surface area contributed by atoms with E-state index in [4.69, 9.17) is 4.42 Å². The van der Waals surface area contributed by atoms with Gasteiger partial charge in [0.15, 0.2) is 23.2 Å². The predicted octanol–water partition coefficient (Wildman–Crippen LogP) is 4.64. The van der Waals surface area contributed by atoms with Crippen molar-refractivity contribution in [1.29, 1.82) is 0 Å². The van der Waals surface area contributed by atoms with E-state index in [-0.39, 0.29) is 46.2 Å². The Labute approximate surface area is 213 Å². The Hall–Kier alpha value is -4.15. The van der Waals surface area contributed by atoms with E-state index in [0.29, 0.717) is 30.1 Å². The minimum Gasteiger partial charge on any atom is -0.448 e. The van der Waals surface area contributed by atoms with Crippen LogP contribution in [0.3, 0.4) is 0 Å². The quantitative estimate of drug-likeness (QED) is 0.377. The van der Waals surface area contributed by atoms with Gasteiger partial charge in [0.25, 0.3) is 5.91 Å². The Morgan fingerprint density at radius 2 is 2.00 bits per heavy atom. The summed E-state index contributed by atoms with van der Waals surface area (Å²) >= 11 is 0. The molecule has 0 saturated heterocycles. The van der Waals surface area contributed by atoms with Crippen molar-refractivity contribution in [3.63, 3.8) is 0 Å². The Kier molecular flexibility index (Phi) is 6.45. The van der Waals surface area contributed by atoms with Crippen LogP contribution in [0.2, 0.25) is 0 Å². The molecule has 1 aliphatic rings. The summed E-state index contributed by atoms with van der Waals surface area (Å²) in [5.74, 6) is 0.821. The van der Waals surface area contributed by atoms with Gasteiger partial charge >= 0.3 is 0 Å². The van der Waals surface area contributed by atoms with Crippen LogP contribution in [0.25, 0.3) is 11.4 Å². The predicted molar refractivity (Wildman–Crippen MR) is 135 cm³/mol. The summed E-state index contributed by atoms with van der Waals surface area (Å²) in [7, 11) is 1.81. The fraction of sp³-hybridized carbons (Fsp3) is 0.385. The lowest BCUT2D eigenvalue weighted by Crippen LogP contribution is -2.29. The molecule has 0 fully saturated rings. The zero-order chi connectivity index (χ0) is 26.2. The van der Waals surface area contributed by atoms with Crippen LogP contribution in [0.1, 0.15) is 73.6 Å². The van der Waals surface area contributed by atoms with Crippen LogP contribution < -0.4 is 10.6 Å². The minimum atomic E-state index is -0.384. The number of halogens is 1. The fourth-order valence-electron chi connectivity index (χ4n) is 4.38. The molecule has 10 nitrogen and oxygen atoms in total. The lowest BCUT2D eigenvalue weighted by atomic mass is 9.95. The van der Waals surface area contributed by atoms with E-state index in [0.717, 1.165) is 18.4 Å². The second-order valence-electron chi connectivity index (χ2n) is 10.2. The number of fused-ring (bicyclic) bond motifs is 1. The summed E-state index contributed by atoms with van der Waals surface area (Å²) < 4.78 is 23.0. The molecule has 3 heterocycles. The third kappa shape index (κ3) is 5.20. The second kappa shape index (κ2) is 9.72. The lowest BCUT2D eigenvalue weighted by molar-refractivity contribution is 0.0929. The molecule has 11 heteroatoms. The van der Waals surface area contributed by atoms with Crippen molar-refractivity contribution in [3.8, 4) is 11.4 Å². The third-order valence-electron chi connectivity index (χ3n) is 6.27. The molecule has 0 aliphatic heterocycles. The molecule has 1 amide bonds. The number of carbonyl (C=O) groups is 1. The highest BCUT2D eigenvalue weighted by Gasteiger charge is 2.28. The Bertz CT molecular complexity index is 1440. The van der Waals surface area contributed by atoms with Gasteiger partial charge in [-0.1, -0.05) is 33.3 Å². The summed E-state index contributed by atoms with van der Waals surface area (Å²) in [4.78, 5) is 30.0. The number of anilines is 2. The van der Waals surface area contributed by atoms with Gasteiger partial charge < -0.3 is 15.1 Å². The van der Waals surface area contributed by atoms with Crippen LogP contribution in [0.4, 0.5) is 16.2 Å². The van der Waals surface area contributed by atoms with Gasteiger partial charge in [-0.15, -0.1) is 0 Å². The van der Waals surface area contributed by atoms with E-state index >= 15 is 4.39 Å². The highest BCUT2D eigenvalue weighted by atomic mass is 19.1. The molecule has 4 aromatic rings. The molecule has 0 radical (unpaired) electrons. The van der Waals surface area contributed by atoms with Crippen molar-refractivity contribution < 1.29 is 13.6 Å². The molecule has 0 spiro atoms. The average molecular weight is 505 g/mol. The molecule has 3 aromatic heterocycles. The SMILES string of the molecule is Cn1ccc(Nc2ncnc(-c3ccc4c(c3F)CCCCC4NC(=O)c3coc(C(C)(C)C)n3)n2)n1. The maximum atomic E-state index is 15.9. The number of carbonyl (C=O) groups excluding carboxylic acids is 1. The molecule has 1 unspecified atom stereocenters. The first-order valence-electron chi connectivity index (χ1n) is 12.2. The van der Waals surface area contributed by atoms with Gasteiger partial charge in [-0.2, -0.15) is 10.1 Å². The van der Waals surface area contributed by atoms with E-state index in [1.54, 1.807) is 30.1 Å². The number of hydrogen-bond donors (Lipinski definition) is 2. The van der Waals surface area contributed by atoms with E-state index in [2.05, 4.69) is 35.7 Å². The number of hydrogen-bond acceptors (Lipinski definition) is 8. The molecular formula is C26H29FN8O2. The largest absolute Gasteiger partial charge is 0.448 e. The molecule has 192 valence electrons. The van der Waals surface area contributed by atoms with Gasteiger partial charge in [-0.3, -0.25) is 9.48 Å². The van der Waals surface area contributed by atoms with Crippen molar-refractivity contribution in [2.75, 3.05) is 5.32 Å². The lowest BCUT2D eigenvalue weighted by Gasteiger charge is -2.20. The zero-order valence-corrected chi connectivity index (χ0v) is 21.2. The zero-order valence-electron chi connectivity index (χ0n) is 21.2. The van der Waals surface area contributed by atoms with E-state index in [9.17, 15) is 4.79 Å². The molecule has 1 aromatic carbocycles. The summed E-state index contributed by atoms with van der Waals surface area (Å²) in [6.45, 7) is 5.89. The first-order valence-corrected chi connectivity index (χ1v) is 12.2. The van der Waals surface area contributed by atoms with E-state index in [1.165, 1.54) is 12.6 Å². The molecule has 1 aliphatic carbocycles. The minimum absolute atomic E-state index is 0.214. The van der Waals surface area contributed by atoms with Crippen LogP contribution in [0.15, 0.2) is 41.4 Å². The summed E-state index contributed by atoms with van der Waals surface area (Å²) in [6, 6.07) is 4.95. The van der Waals surface area contributed by atoms with E-state index < -0.39 is 0 Å². The van der Waals surface area contributed by atoms with Crippen molar-refractivity contribution >= 4 is 17.7 Å². The standard InChI is InChI=1S/C26H29FN8O2/c1-26(2,3)24-31-19(13-37-24)23(36)30-18-8-6-5-7-16-15(18)9-10-17(21(16)27)22-28-14-29-25(33-22)32-20-11-12-35(4)34-20/h9-14,18H,5-8H2,1-4H3,(H,30,36)(H,28,29,32,33,34). The number of nitrogens with zero attached hydrogens (tertiary/aromatic N) is 6. The molecule has 0 saturated carbocycles. The van der Waals surface area contributed by atoms with Gasteiger partial charge in [0, 0.05) is 24.7 Å². The fourth-order valence-corrected chi connectivity index (χ4v) is 4.38. The molecule has 5 rings (SSSR count). The number of benzene rings is 1. The van der Waals surface area contributed by atoms with Crippen LogP contribution in [0.5, 0.6) is 0 Å².